The molecule has 0 heterocycles. The Morgan fingerprint density at radius 1 is 1.22 bits per heavy atom. The highest BCUT2D eigenvalue weighted by Crippen LogP contribution is 2.09. The zero-order valence-electron chi connectivity index (χ0n) is 12.8. The Balaban J connectivity index is 4.36. The van der Waals surface area contributed by atoms with Crippen LogP contribution >= 0.6 is 0 Å². The molecular weight excluding hydrogens is 226 g/mol. The molecule has 0 aromatic heterocycles. The molecule has 108 valence electrons. The van der Waals surface area contributed by atoms with Gasteiger partial charge in [0.15, 0.2) is 0 Å². The van der Waals surface area contributed by atoms with E-state index in [1.807, 2.05) is 18.7 Å². The molecule has 0 spiro atoms. The van der Waals surface area contributed by atoms with Crippen molar-refractivity contribution in [3.05, 3.63) is 0 Å². The van der Waals surface area contributed by atoms with Crippen LogP contribution in [0.2, 0.25) is 0 Å². The van der Waals surface area contributed by atoms with Crippen LogP contribution in [-0.4, -0.2) is 55.0 Å². The number of amides is 1. The van der Waals surface area contributed by atoms with E-state index in [1.54, 1.807) is 0 Å². The van der Waals surface area contributed by atoms with Crippen molar-refractivity contribution in [3.63, 3.8) is 0 Å². The molecule has 0 saturated heterocycles. The average molecular weight is 257 g/mol. The summed E-state index contributed by atoms with van der Waals surface area (Å²) >= 11 is 0. The zero-order chi connectivity index (χ0) is 14.1. The summed E-state index contributed by atoms with van der Waals surface area (Å²) in [6.45, 7) is 11.6. The smallest absolute Gasteiger partial charge is 0.224 e. The van der Waals surface area contributed by atoms with Crippen molar-refractivity contribution >= 4 is 5.91 Å². The van der Waals surface area contributed by atoms with Gasteiger partial charge in [0.1, 0.15) is 0 Å². The van der Waals surface area contributed by atoms with E-state index < -0.39 is 0 Å². The highest BCUT2D eigenvalue weighted by molar-refractivity contribution is 5.76. The van der Waals surface area contributed by atoms with Gasteiger partial charge in [-0.25, -0.2) is 0 Å². The molecule has 0 aliphatic carbocycles. The largest absolute Gasteiger partial charge is 0.343 e. The number of carbonyl (C=O) groups excluding carboxylic acids is 1. The van der Waals surface area contributed by atoms with Gasteiger partial charge in [0, 0.05) is 38.6 Å². The third-order valence-corrected chi connectivity index (χ3v) is 3.72. The average Bonchev–Trinajstić information content (AvgIpc) is 2.36. The standard InChI is InChI=1S/C14H31N3O/c1-6-12(4)11-16(5)13(10-15)9-14(18)17(7-2)8-3/h12-13H,6-11,15H2,1-5H3. The summed E-state index contributed by atoms with van der Waals surface area (Å²) in [5.74, 6) is 0.860. The van der Waals surface area contributed by atoms with E-state index in [0.717, 1.165) is 26.1 Å². The third kappa shape index (κ3) is 5.83. The lowest BCUT2D eigenvalue weighted by atomic mass is 10.1. The van der Waals surface area contributed by atoms with Gasteiger partial charge in [-0.15, -0.1) is 0 Å². The normalized spacial score (nSPS) is 14.6. The number of hydrogen-bond donors (Lipinski definition) is 1. The second-order valence-electron chi connectivity index (χ2n) is 5.11. The molecule has 0 aliphatic rings. The van der Waals surface area contributed by atoms with Crippen molar-refractivity contribution in [3.8, 4) is 0 Å². The quantitative estimate of drug-likeness (QED) is 0.682. The summed E-state index contributed by atoms with van der Waals surface area (Å²) in [7, 11) is 2.07. The topological polar surface area (TPSA) is 49.6 Å². The predicted octanol–water partition coefficient (Wildman–Crippen LogP) is 1.55. The van der Waals surface area contributed by atoms with E-state index in [-0.39, 0.29) is 11.9 Å². The minimum atomic E-state index is 0.159. The fraction of sp³-hybridized carbons (Fsp3) is 0.929. The van der Waals surface area contributed by atoms with Crippen LogP contribution < -0.4 is 5.73 Å². The molecule has 18 heavy (non-hydrogen) atoms. The summed E-state index contributed by atoms with van der Waals surface area (Å²) in [5.41, 5.74) is 5.81. The Morgan fingerprint density at radius 2 is 1.78 bits per heavy atom. The van der Waals surface area contributed by atoms with Crippen molar-refractivity contribution in [2.75, 3.05) is 33.2 Å². The fourth-order valence-corrected chi connectivity index (χ4v) is 2.10. The van der Waals surface area contributed by atoms with Crippen LogP contribution in [0.5, 0.6) is 0 Å². The van der Waals surface area contributed by atoms with Crippen LogP contribution in [0.25, 0.3) is 0 Å². The number of carbonyl (C=O) groups is 1. The Morgan fingerprint density at radius 3 is 2.17 bits per heavy atom. The fourth-order valence-electron chi connectivity index (χ4n) is 2.10. The van der Waals surface area contributed by atoms with Gasteiger partial charge < -0.3 is 15.5 Å². The molecule has 2 atom stereocenters. The number of nitrogens with two attached hydrogens (primary N) is 1. The highest BCUT2D eigenvalue weighted by Gasteiger charge is 2.20. The maximum atomic E-state index is 12.1. The monoisotopic (exact) mass is 257 g/mol. The molecule has 4 heteroatoms. The molecule has 2 unspecified atom stereocenters. The van der Waals surface area contributed by atoms with Crippen LogP contribution in [0.15, 0.2) is 0 Å². The van der Waals surface area contributed by atoms with Crippen LogP contribution in [-0.2, 0) is 4.79 Å². The SMILES string of the molecule is CCC(C)CN(C)C(CN)CC(=O)N(CC)CC. The molecule has 0 bridgehead atoms. The summed E-state index contributed by atoms with van der Waals surface area (Å²) in [6, 6.07) is 0.159. The highest BCUT2D eigenvalue weighted by atomic mass is 16.2. The minimum absolute atomic E-state index is 0.159. The number of rotatable bonds is 9. The Hall–Kier alpha value is -0.610. The van der Waals surface area contributed by atoms with Gasteiger partial charge in [-0.05, 0) is 26.8 Å². The second kappa shape index (κ2) is 9.34. The summed E-state index contributed by atoms with van der Waals surface area (Å²) < 4.78 is 0. The maximum Gasteiger partial charge on any atom is 0.224 e. The number of hydrogen-bond acceptors (Lipinski definition) is 3. The van der Waals surface area contributed by atoms with Crippen molar-refractivity contribution in [1.82, 2.24) is 9.80 Å². The first-order chi connectivity index (χ1) is 8.49. The molecule has 0 radical (unpaired) electrons. The molecule has 4 nitrogen and oxygen atoms in total. The molecule has 0 aromatic carbocycles. The molecule has 0 fully saturated rings. The van der Waals surface area contributed by atoms with Gasteiger partial charge in [-0.1, -0.05) is 20.3 Å². The van der Waals surface area contributed by atoms with Crippen LogP contribution in [0.4, 0.5) is 0 Å². The molecule has 2 N–H and O–H groups in total. The summed E-state index contributed by atoms with van der Waals surface area (Å²) in [4.78, 5) is 16.2. The lowest BCUT2D eigenvalue weighted by Crippen LogP contribution is -2.44. The summed E-state index contributed by atoms with van der Waals surface area (Å²) in [6.07, 6.45) is 1.69. The Labute approximate surface area is 113 Å². The van der Waals surface area contributed by atoms with Crippen LogP contribution in [0.1, 0.15) is 40.5 Å². The van der Waals surface area contributed by atoms with Crippen molar-refractivity contribution in [2.45, 2.75) is 46.6 Å². The van der Waals surface area contributed by atoms with Crippen molar-refractivity contribution in [1.29, 1.82) is 0 Å². The Bertz CT molecular complexity index is 229. The van der Waals surface area contributed by atoms with E-state index in [1.165, 1.54) is 0 Å². The van der Waals surface area contributed by atoms with Crippen LogP contribution in [0.3, 0.4) is 0 Å². The summed E-state index contributed by atoms with van der Waals surface area (Å²) in [5, 5.41) is 0. The number of likely N-dealkylation sites (N-methyl/N-ethyl adjacent to an activating group) is 1. The first kappa shape index (κ1) is 17.4. The van der Waals surface area contributed by atoms with Gasteiger partial charge in [0.2, 0.25) is 5.91 Å². The van der Waals surface area contributed by atoms with Gasteiger partial charge in [-0.3, -0.25) is 4.79 Å². The van der Waals surface area contributed by atoms with E-state index in [4.69, 9.17) is 5.73 Å². The van der Waals surface area contributed by atoms with Crippen LogP contribution in [0, 0.1) is 5.92 Å². The van der Waals surface area contributed by atoms with E-state index in [2.05, 4.69) is 25.8 Å². The van der Waals surface area contributed by atoms with E-state index >= 15 is 0 Å². The molecule has 1 amide bonds. The van der Waals surface area contributed by atoms with Crippen molar-refractivity contribution in [2.24, 2.45) is 11.7 Å². The lowest BCUT2D eigenvalue weighted by Gasteiger charge is -2.30. The first-order valence-corrected chi connectivity index (χ1v) is 7.18. The molecule has 0 aliphatic heterocycles. The second-order valence-corrected chi connectivity index (χ2v) is 5.11. The third-order valence-electron chi connectivity index (χ3n) is 3.72. The van der Waals surface area contributed by atoms with E-state index in [9.17, 15) is 4.79 Å². The van der Waals surface area contributed by atoms with Gasteiger partial charge in [-0.2, -0.15) is 0 Å². The van der Waals surface area contributed by atoms with Gasteiger partial charge >= 0.3 is 0 Å². The van der Waals surface area contributed by atoms with E-state index in [0.29, 0.717) is 18.9 Å². The number of nitrogens with zero attached hydrogens (tertiary/aromatic N) is 2. The lowest BCUT2D eigenvalue weighted by molar-refractivity contribution is -0.132. The minimum Gasteiger partial charge on any atom is -0.343 e. The predicted molar refractivity (Wildman–Crippen MR) is 77.5 cm³/mol. The maximum absolute atomic E-state index is 12.1. The van der Waals surface area contributed by atoms with Gasteiger partial charge in [0.05, 0.1) is 0 Å². The Kier molecular flexibility index (Phi) is 9.02. The molecule has 0 aromatic rings. The molecule has 0 rings (SSSR count). The molecule has 0 saturated carbocycles. The molecular formula is C14H31N3O. The zero-order valence-corrected chi connectivity index (χ0v) is 12.8. The van der Waals surface area contributed by atoms with Gasteiger partial charge in [0.25, 0.3) is 0 Å². The van der Waals surface area contributed by atoms with Crippen molar-refractivity contribution < 1.29 is 4.79 Å². The first-order valence-electron chi connectivity index (χ1n) is 7.18.